The number of carbonyl (C=O) groups excluding carboxylic acids is 1. The van der Waals surface area contributed by atoms with Gasteiger partial charge in [-0.1, -0.05) is 48.5 Å². The molecule has 0 saturated carbocycles. The van der Waals surface area contributed by atoms with Crippen LogP contribution in [0.4, 0.5) is 5.69 Å². The Bertz CT molecular complexity index is 1320. The molecular weight excluding hydrogens is 452 g/mol. The Morgan fingerprint density at radius 1 is 0.882 bits per heavy atom. The normalized spacial score (nSPS) is 15.6. The summed E-state index contributed by atoms with van der Waals surface area (Å²) in [6.07, 6.45) is 1.91. The largest absolute Gasteiger partial charge is 0.493 e. The van der Waals surface area contributed by atoms with Gasteiger partial charge in [-0.05, 0) is 41.8 Å². The van der Waals surface area contributed by atoms with Gasteiger partial charge in [0.05, 0.1) is 26.5 Å². The number of para-hydroxylation sites is 1. The first-order chi connectivity index (χ1) is 16.5. The summed E-state index contributed by atoms with van der Waals surface area (Å²) >= 11 is 0. The van der Waals surface area contributed by atoms with Gasteiger partial charge in [-0.2, -0.15) is 0 Å². The smallest absolute Gasteiger partial charge is 0.270 e. The third-order valence-corrected chi connectivity index (χ3v) is 7.38. The van der Waals surface area contributed by atoms with E-state index in [0.717, 1.165) is 11.1 Å². The monoisotopic (exact) mass is 478 g/mol. The number of ketones is 1. The number of anilines is 1. The lowest BCUT2D eigenvalue weighted by Crippen LogP contribution is -2.39. The van der Waals surface area contributed by atoms with Gasteiger partial charge in [0.1, 0.15) is 0 Å². The molecule has 3 aromatic carbocycles. The number of carbonyl (C=O) groups is 1. The summed E-state index contributed by atoms with van der Waals surface area (Å²) < 4.78 is 38.8. The second kappa shape index (κ2) is 10.0. The molecule has 0 bridgehead atoms. The molecule has 0 aromatic heterocycles. The van der Waals surface area contributed by atoms with Crippen molar-refractivity contribution in [2.24, 2.45) is 0 Å². The molecule has 0 spiro atoms. The molecule has 0 unspecified atom stereocenters. The summed E-state index contributed by atoms with van der Waals surface area (Å²) in [5.41, 5.74) is 2.56. The zero-order valence-corrected chi connectivity index (χ0v) is 19.8. The molecule has 0 aliphatic carbocycles. The SMILES string of the molecule is COc1ccc(CCN/C=C2\C(=O)c3ccccc3N(Cc3ccccc3)S2(=O)=O)cc1OC. The van der Waals surface area contributed by atoms with E-state index in [-0.39, 0.29) is 11.4 Å². The lowest BCUT2D eigenvalue weighted by molar-refractivity contribution is 0.104. The Kier molecular flexibility index (Phi) is 6.88. The van der Waals surface area contributed by atoms with Crippen molar-refractivity contribution in [2.75, 3.05) is 25.1 Å². The zero-order chi connectivity index (χ0) is 24.1. The lowest BCUT2D eigenvalue weighted by Gasteiger charge is -2.31. The number of Topliss-reactive ketones (excluding diaryl/α,β-unsaturated/α-hetero) is 1. The molecule has 0 fully saturated rings. The molecule has 0 radical (unpaired) electrons. The maximum atomic E-state index is 13.5. The molecular formula is C26H26N2O5S. The number of methoxy groups -OCH3 is 2. The van der Waals surface area contributed by atoms with Crippen molar-refractivity contribution in [2.45, 2.75) is 13.0 Å². The number of fused-ring (bicyclic) bond motifs is 1. The van der Waals surface area contributed by atoms with Crippen molar-refractivity contribution in [1.29, 1.82) is 0 Å². The molecule has 34 heavy (non-hydrogen) atoms. The third-order valence-electron chi connectivity index (χ3n) is 5.62. The van der Waals surface area contributed by atoms with Gasteiger partial charge >= 0.3 is 0 Å². The predicted molar refractivity (Wildman–Crippen MR) is 132 cm³/mol. The fourth-order valence-electron chi connectivity index (χ4n) is 3.86. The highest BCUT2D eigenvalue weighted by molar-refractivity contribution is 7.97. The molecule has 1 N–H and O–H groups in total. The number of benzene rings is 3. The maximum absolute atomic E-state index is 13.5. The number of sulfonamides is 1. The number of nitrogens with zero attached hydrogens (tertiary/aromatic N) is 1. The van der Waals surface area contributed by atoms with Gasteiger partial charge in [0.25, 0.3) is 10.0 Å². The molecule has 7 nitrogen and oxygen atoms in total. The van der Waals surface area contributed by atoms with Crippen LogP contribution in [0.15, 0.2) is 83.9 Å². The highest BCUT2D eigenvalue weighted by Gasteiger charge is 2.39. The number of hydrogen-bond donors (Lipinski definition) is 1. The second-order valence-electron chi connectivity index (χ2n) is 7.75. The first-order valence-corrected chi connectivity index (χ1v) is 12.2. The fraction of sp³-hybridized carbons (Fsp3) is 0.192. The van der Waals surface area contributed by atoms with Crippen LogP contribution in [0.25, 0.3) is 0 Å². The minimum absolute atomic E-state index is 0.135. The van der Waals surface area contributed by atoms with Crippen LogP contribution in [0.5, 0.6) is 11.5 Å². The van der Waals surface area contributed by atoms with Crippen LogP contribution in [-0.4, -0.2) is 35.0 Å². The summed E-state index contributed by atoms with van der Waals surface area (Å²) in [5.74, 6) is 0.743. The minimum atomic E-state index is -4.04. The van der Waals surface area contributed by atoms with Gasteiger partial charge in [0.15, 0.2) is 16.4 Å². The number of ether oxygens (including phenoxy) is 2. The van der Waals surface area contributed by atoms with Crippen molar-refractivity contribution < 1.29 is 22.7 Å². The minimum Gasteiger partial charge on any atom is -0.493 e. The van der Waals surface area contributed by atoms with Crippen LogP contribution in [0.2, 0.25) is 0 Å². The molecule has 0 amide bonds. The Balaban J connectivity index is 1.57. The van der Waals surface area contributed by atoms with E-state index in [4.69, 9.17) is 9.47 Å². The highest BCUT2D eigenvalue weighted by Crippen LogP contribution is 2.36. The molecule has 1 aliphatic rings. The van der Waals surface area contributed by atoms with E-state index >= 15 is 0 Å². The molecule has 8 heteroatoms. The molecule has 176 valence electrons. The highest BCUT2D eigenvalue weighted by atomic mass is 32.2. The van der Waals surface area contributed by atoms with Crippen molar-refractivity contribution in [1.82, 2.24) is 5.32 Å². The van der Waals surface area contributed by atoms with E-state index < -0.39 is 15.8 Å². The quantitative estimate of drug-likeness (QED) is 0.390. The molecule has 0 saturated heterocycles. The average molecular weight is 479 g/mol. The van der Waals surface area contributed by atoms with E-state index in [1.54, 1.807) is 38.5 Å². The fourth-order valence-corrected chi connectivity index (χ4v) is 5.41. The Hall–Kier alpha value is -3.78. The van der Waals surface area contributed by atoms with Crippen LogP contribution in [0.1, 0.15) is 21.5 Å². The van der Waals surface area contributed by atoms with Crippen molar-refractivity contribution in [3.63, 3.8) is 0 Å². The molecule has 1 aliphatic heterocycles. The van der Waals surface area contributed by atoms with E-state index in [1.165, 1.54) is 10.5 Å². The Morgan fingerprint density at radius 2 is 1.59 bits per heavy atom. The summed E-state index contributed by atoms with van der Waals surface area (Å²) in [6.45, 7) is 0.568. The first kappa shape index (κ1) is 23.4. The topological polar surface area (TPSA) is 84.9 Å². The zero-order valence-electron chi connectivity index (χ0n) is 19.0. The Morgan fingerprint density at radius 3 is 2.32 bits per heavy atom. The Labute approximate surface area is 199 Å². The van der Waals surface area contributed by atoms with Gasteiger partial charge in [-0.15, -0.1) is 0 Å². The molecule has 0 atom stereocenters. The van der Waals surface area contributed by atoms with E-state index in [9.17, 15) is 13.2 Å². The van der Waals surface area contributed by atoms with Crippen LogP contribution in [-0.2, 0) is 23.0 Å². The van der Waals surface area contributed by atoms with Crippen molar-refractivity contribution >= 4 is 21.5 Å². The molecule has 4 rings (SSSR count). The number of rotatable bonds is 8. The number of nitrogens with one attached hydrogen (secondary N) is 1. The lowest BCUT2D eigenvalue weighted by atomic mass is 10.1. The van der Waals surface area contributed by atoms with Crippen LogP contribution in [0.3, 0.4) is 0 Å². The van der Waals surface area contributed by atoms with E-state index in [2.05, 4.69) is 5.32 Å². The van der Waals surface area contributed by atoms with E-state index in [1.807, 2.05) is 48.5 Å². The van der Waals surface area contributed by atoms with Crippen molar-refractivity contribution in [3.05, 3.63) is 101 Å². The summed E-state index contributed by atoms with van der Waals surface area (Å²) in [4.78, 5) is 12.8. The van der Waals surface area contributed by atoms with E-state index in [0.29, 0.717) is 35.7 Å². The van der Waals surface area contributed by atoms with Gasteiger partial charge < -0.3 is 14.8 Å². The van der Waals surface area contributed by atoms with Gasteiger partial charge in [-0.25, -0.2) is 8.42 Å². The number of hydrogen-bond acceptors (Lipinski definition) is 6. The summed E-state index contributed by atoms with van der Waals surface area (Å²) in [7, 11) is -0.896. The first-order valence-electron chi connectivity index (χ1n) is 10.8. The molecule has 3 aromatic rings. The standard InChI is InChI=1S/C26H26N2O5S/c1-32-23-13-12-19(16-24(23)33-2)14-15-27-17-25-26(29)21-10-6-7-11-22(21)28(34(25,30)31)18-20-8-4-3-5-9-20/h3-13,16-17,27H,14-15,18H2,1-2H3/b25-17+. The van der Waals surface area contributed by atoms with Crippen LogP contribution < -0.4 is 19.1 Å². The average Bonchev–Trinajstić information content (AvgIpc) is 2.86. The summed E-state index contributed by atoms with van der Waals surface area (Å²) in [5, 5.41) is 3.01. The van der Waals surface area contributed by atoms with Gasteiger partial charge in [0.2, 0.25) is 5.78 Å². The van der Waals surface area contributed by atoms with Gasteiger partial charge in [-0.3, -0.25) is 9.10 Å². The van der Waals surface area contributed by atoms with Crippen LogP contribution >= 0.6 is 0 Å². The van der Waals surface area contributed by atoms with Crippen molar-refractivity contribution in [3.8, 4) is 11.5 Å². The number of allylic oxidation sites excluding steroid dienone is 1. The van der Waals surface area contributed by atoms with Crippen LogP contribution in [0, 0.1) is 0 Å². The maximum Gasteiger partial charge on any atom is 0.270 e. The predicted octanol–water partition coefficient (Wildman–Crippen LogP) is 3.91. The molecule has 1 heterocycles. The second-order valence-corrected chi connectivity index (χ2v) is 9.58. The summed E-state index contributed by atoms with van der Waals surface area (Å²) in [6, 6.07) is 21.7. The third kappa shape index (κ3) is 4.63. The van der Waals surface area contributed by atoms with Gasteiger partial charge in [0, 0.05) is 18.3 Å².